The van der Waals surface area contributed by atoms with Gasteiger partial charge in [0.15, 0.2) is 0 Å². The Hall–Kier alpha value is -0.300. The second-order valence-electron chi connectivity index (χ2n) is 9.15. The smallest absolute Gasteiger partial charge is 0.0136 e. The quantitative estimate of drug-likeness (QED) is 0.656. The number of rotatable bonds is 5. The van der Waals surface area contributed by atoms with Gasteiger partial charge in [0.05, 0.1) is 0 Å². The molecule has 1 rings (SSSR count). The standard InChI is InChI=1S/C19H37N/c1-9-15(13-20)12-18(7)10-11-19(18,8)14-17(5,6)16(2,3)4/h12H,9-11,13-14,20H2,1-8H3/b15-12+. The summed E-state index contributed by atoms with van der Waals surface area (Å²) in [5.41, 5.74) is 8.76. The summed E-state index contributed by atoms with van der Waals surface area (Å²) in [6.07, 6.45) is 7.55. The Morgan fingerprint density at radius 1 is 1.10 bits per heavy atom. The first kappa shape index (κ1) is 17.8. The summed E-state index contributed by atoms with van der Waals surface area (Å²) in [4.78, 5) is 0. The predicted octanol–water partition coefficient (Wildman–Crippen LogP) is 5.55. The van der Waals surface area contributed by atoms with Crippen LogP contribution in [0.3, 0.4) is 0 Å². The second kappa shape index (κ2) is 5.48. The van der Waals surface area contributed by atoms with Gasteiger partial charge in [-0.3, -0.25) is 0 Å². The Balaban J connectivity index is 2.98. The summed E-state index contributed by atoms with van der Waals surface area (Å²) in [6.45, 7) is 19.9. The molecule has 1 nitrogen and oxygen atoms in total. The van der Waals surface area contributed by atoms with E-state index in [2.05, 4.69) is 61.5 Å². The highest BCUT2D eigenvalue weighted by molar-refractivity contribution is 5.19. The average molecular weight is 280 g/mol. The van der Waals surface area contributed by atoms with Crippen molar-refractivity contribution >= 4 is 0 Å². The highest BCUT2D eigenvalue weighted by Crippen LogP contribution is 2.64. The molecule has 0 amide bonds. The molecule has 0 aliphatic heterocycles. The first-order valence-corrected chi connectivity index (χ1v) is 8.31. The lowest BCUT2D eigenvalue weighted by Gasteiger charge is -2.59. The van der Waals surface area contributed by atoms with E-state index in [1.54, 1.807) is 0 Å². The fourth-order valence-electron chi connectivity index (χ4n) is 3.48. The van der Waals surface area contributed by atoms with Crippen LogP contribution in [0, 0.1) is 21.7 Å². The highest BCUT2D eigenvalue weighted by atomic mass is 14.6. The molecule has 0 heterocycles. The summed E-state index contributed by atoms with van der Waals surface area (Å²) in [7, 11) is 0. The van der Waals surface area contributed by atoms with Crippen LogP contribution in [0.15, 0.2) is 11.6 Å². The van der Waals surface area contributed by atoms with E-state index in [9.17, 15) is 0 Å². The third-order valence-electron chi connectivity index (χ3n) is 6.68. The van der Waals surface area contributed by atoms with Gasteiger partial charge in [-0.2, -0.15) is 0 Å². The molecule has 0 spiro atoms. The Labute approximate surface area is 127 Å². The SMILES string of the molecule is CC/C(=C\C1(C)CCC1(C)CC(C)(C)C(C)(C)C)CN. The van der Waals surface area contributed by atoms with Crippen LogP contribution in [-0.2, 0) is 0 Å². The predicted molar refractivity (Wildman–Crippen MR) is 90.7 cm³/mol. The van der Waals surface area contributed by atoms with Gasteiger partial charge >= 0.3 is 0 Å². The van der Waals surface area contributed by atoms with E-state index in [0.717, 1.165) is 6.42 Å². The van der Waals surface area contributed by atoms with Crippen LogP contribution in [0.2, 0.25) is 0 Å². The minimum absolute atomic E-state index is 0.334. The van der Waals surface area contributed by atoms with Gasteiger partial charge < -0.3 is 5.73 Å². The fourth-order valence-corrected chi connectivity index (χ4v) is 3.48. The van der Waals surface area contributed by atoms with E-state index < -0.39 is 0 Å². The number of nitrogens with two attached hydrogens (primary N) is 1. The first-order valence-electron chi connectivity index (χ1n) is 8.31. The molecule has 1 aliphatic rings. The van der Waals surface area contributed by atoms with Crippen LogP contribution in [0.5, 0.6) is 0 Å². The zero-order chi connectivity index (χ0) is 15.8. The van der Waals surface area contributed by atoms with E-state index in [0.29, 0.717) is 28.2 Å². The highest BCUT2D eigenvalue weighted by Gasteiger charge is 2.54. The molecule has 2 N–H and O–H groups in total. The van der Waals surface area contributed by atoms with Crippen LogP contribution in [0.25, 0.3) is 0 Å². The Kier molecular flexibility index (Phi) is 4.86. The van der Waals surface area contributed by atoms with Crippen molar-refractivity contribution in [2.24, 2.45) is 27.4 Å². The van der Waals surface area contributed by atoms with Crippen molar-refractivity contribution in [3.05, 3.63) is 11.6 Å². The average Bonchev–Trinajstić information content (AvgIpc) is 2.32. The van der Waals surface area contributed by atoms with Gasteiger partial charge in [0.25, 0.3) is 0 Å². The number of allylic oxidation sites excluding steroid dienone is 1. The molecule has 0 bridgehead atoms. The second-order valence-corrected chi connectivity index (χ2v) is 9.15. The van der Waals surface area contributed by atoms with Gasteiger partial charge in [0, 0.05) is 6.54 Å². The van der Waals surface area contributed by atoms with E-state index in [1.165, 1.54) is 24.8 Å². The lowest BCUT2D eigenvalue weighted by molar-refractivity contribution is -0.0701. The van der Waals surface area contributed by atoms with Crippen molar-refractivity contribution in [3.63, 3.8) is 0 Å². The topological polar surface area (TPSA) is 26.0 Å². The number of hydrogen-bond donors (Lipinski definition) is 1. The van der Waals surface area contributed by atoms with Gasteiger partial charge in [-0.1, -0.05) is 67.0 Å². The largest absolute Gasteiger partial charge is 0.327 e. The van der Waals surface area contributed by atoms with Gasteiger partial charge in [0.2, 0.25) is 0 Å². The normalized spacial score (nSPS) is 32.1. The van der Waals surface area contributed by atoms with Crippen molar-refractivity contribution in [1.82, 2.24) is 0 Å². The van der Waals surface area contributed by atoms with Crippen molar-refractivity contribution in [2.45, 2.75) is 81.1 Å². The molecule has 2 atom stereocenters. The van der Waals surface area contributed by atoms with E-state index >= 15 is 0 Å². The lowest BCUT2D eigenvalue weighted by Crippen LogP contribution is -2.50. The minimum Gasteiger partial charge on any atom is -0.327 e. The summed E-state index contributed by atoms with van der Waals surface area (Å²) >= 11 is 0. The van der Waals surface area contributed by atoms with E-state index in [1.807, 2.05) is 0 Å². The van der Waals surface area contributed by atoms with Crippen LogP contribution < -0.4 is 5.73 Å². The Morgan fingerprint density at radius 2 is 1.65 bits per heavy atom. The minimum atomic E-state index is 0.334. The molecular formula is C19H37N. The van der Waals surface area contributed by atoms with Gasteiger partial charge in [-0.05, 0) is 47.3 Å². The van der Waals surface area contributed by atoms with Crippen molar-refractivity contribution in [3.8, 4) is 0 Å². The lowest BCUT2D eigenvalue weighted by atomic mass is 9.45. The summed E-state index contributed by atoms with van der Waals surface area (Å²) in [6, 6.07) is 0. The molecule has 118 valence electrons. The monoisotopic (exact) mass is 279 g/mol. The van der Waals surface area contributed by atoms with Gasteiger partial charge in [0.1, 0.15) is 0 Å². The molecule has 1 saturated carbocycles. The van der Waals surface area contributed by atoms with Crippen LogP contribution in [0.4, 0.5) is 0 Å². The summed E-state index contributed by atoms with van der Waals surface area (Å²) in [5, 5.41) is 0. The Bertz CT molecular complexity index is 366. The molecule has 2 unspecified atom stereocenters. The maximum Gasteiger partial charge on any atom is 0.0136 e. The molecule has 0 aromatic rings. The number of hydrogen-bond acceptors (Lipinski definition) is 1. The molecule has 0 aromatic carbocycles. The van der Waals surface area contributed by atoms with Gasteiger partial charge in [-0.25, -0.2) is 0 Å². The molecule has 0 radical (unpaired) electrons. The molecule has 1 heteroatoms. The summed E-state index contributed by atoms with van der Waals surface area (Å²) in [5.74, 6) is 0. The van der Waals surface area contributed by atoms with E-state index in [-0.39, 0.29) is 0 Å². The molecule has 1 aliphatic carbocycles. The maximum atomic E-state index is 5.89. The van der Waals surface area contributed by atoms with Crippen LogP contribution >= 0.6 is 0 Å². The molecule has 20 heavy (non-hydrogen) atoms. The summed E-state index contributed by atoms with van der Waals surface area (Å²) < 4.78 is 0. The zero-order valence-corrected chi connectivity index (χ0v) is 15.2. The first-order chi connectivity index (χ1) is 8.91. The van der Waals surface area contributed by atoms with Crippen LogP contribution in [0.1, 0.15) is 81.1 Å². The Morgan fingerprint density at radius 3 is 1.95 bits per heavy atom. The van der Waals surface area contributed by atoms with Crippen LogP contribution in [-0.4, -0.2) is 6.54 Å². The maximum absolute atomic E-state index is 5.89. The molecule has 0 aromatic heterocycles. The van der Waals surface area contributed by atoms with Crippen molar-refractivity contribution < 1.29 is 0 Å². The fraction of sp³-hybridized carbons (Fsp3) is 0.895. The molecule has 0 saturated heterocycles. The third kappa shape index (κ3) is 3.13. The van der Waals surface area contributed by atoms with Crippen molar-refractivity contribution in [1.29, 1.82) is 0 Å². The van der Waals surface area contributed by atoms with Crippen molar-refractivity contribution in [2.75, 3.05) is 6.54 Å². The third-order valence-corrected chi connectivity index (χ3v) is 6.68. The van der Waals surface area contributed by atoms with E-state index in [4.69, 9.17) is 5.73 Å². The zero-order valence-electron chi connectivity index (χ0n) is 15.2. The molecule has 1 fully saturated rings. The molecular weight excluding hydrogens is 242 g/mol. The van der Waals surface area contributed by atoms with Gasteiger partial charge in [-0.15, -0.1) is 0 Å².